The van der Waals surface area contributed by atoms with Gasteiger partial charge in [0.2, 0.25) is 5.91 Å². The lowest BCUT2D eigenvalue weighted by Gasteiger charge is -2.40. The molecule has 8 nitrogen and oxygen atoms in total. The third kappa shape index (κ3) is 4.90. The third-order valence-electron chi connectivity index (χ3n) is 7.76. The van der Waals surface area contributed by atoms with Crippen LogP contribution in [0.2, 0.25) is 0 Å². The van der Waals surface area contributed by atoms with Crippen molar-refractivity contribution in [1.29, 1.82) is 0 Å². The monoisotopic (exact) mass is 490 g/mol. The van der Waals surface area contributed by atoms with Crippen molar-refractivity contribution >= 4 is 11.8 Å². The molecule has 1 spiro atoms. The van der Waals surface area contributed by atoms with Gasteiger partial charge in [0.1, 0.15) is 6.33 Å². The van der Waals surface area contributed by atoms with Crippen LogP contribution in [0, 0.1) is 18.8 Å². The highest BCUT2D eigenvalue weighted by molar-refractivity contribution is 5.94. The molecule has 2 aromatic rings. The minimum Gasteiger partial charge on any atom is -0.353 e. The number of nitrogens with one attached hydrogen (secondary N) is 2. The number of rotatable bonds is 4. The van der Waals surface area contributed by atoms with Crippen LogP contribution in [0.15, 0.2) is 18.5 Å². The van der Waals surface area contributed by atoms with Crippen molar-refractivity contribution in [3.8, 4) is 11.4 Å². The minimum absolute atomic E-state index is 0.0611. The van der Waals surface area contributed by atoms with E-state index in [-0.39, 0.29) is 42.2 Å². The van der Waals surface area contributed by atoms with Gasteiger partial charge in [-0.1, -0.05) is 0 Å². The van der Waals surface area contributed by atoms with Crippen molar-refractivity contribution in [3.05, 3.63) is 29.8 Å². The molecule has 2 aliphatic carbocycles. The van der Waals surface area contributed by atoms with Crippen LogP contribution in [0.3, 0.4) is 0 Å². The Balaban J connectivity index is 1.19. The van der Waals surface area contributed by atoms with Gasteiger partial charge in [0.05, 0.1) is 17.3 Å². The summed E-state index contributed by atoms with van der Waals surface area (Å²) >= 11 is 0. The Kier molecular flexibility index (Phi) is 6.04. The predicted molar refractivity (Wildman–Crippen MR) is 120 cm³/mol. The second-order valence-corrected chi connectivity index (χ2v) is 10.2. The van der Waals surface area contributed by atoms with Crippen LogP contribution in [-0.2, 0) is 4.79 Å². The van der Waals surface area contributed by atoms with E-state index in [0.29, 0.717) is 49.3 Å². The number of likely N-dealkylation sites (tertiary alicyclic amines) is 1. The number of hydrogen-bond acceptors (Lipinski definition) is 5. The number of nitrogens with zero attached hydrogens (tertiary/aromatic N) is 4. The summed E-state index contributed by atoms with van der Waals surface area (Å²) in [6, 6.07) is 3.30. The topological polar surface area (TPSA) is 104 Å². The van der Waals surface area contributed by atoms with Crippen molar-refractivity contribution in [2.75, 3.05) is 6.54 Å². The summed E-state index contributed by atoms with van der Waals surface area (Å²) in [6.45, 7) is 2.31. The molecule has 35 heavy (non-hydrogen) atoms. The van der Waals surface area contributed by atoms with Gasteiger partial charge in [-0.05, 0) is 70.4 Å². The van der Waals surface area contributed by atoms with E-state index in [1.807, 2.05) is 17.9 Å². The number of hydrogen-bond donors (Lipinski definition) is 2. The number of carbonyl (C=O) groups excluding carboxylic acids is 2. The van der Waals surface area contributed by atoms with E-state index in [2.05, 4.69) is 25.5 Å². The van der Waals surface area contributed by atoms with Gasteiger partial charge in [0.25, 0.3) is 5.91 Å². The van der Waals surface area contributed by atoms with Crippen molar-refractivity contribution in [2.24, 2.45) is 11.8 Å². The zero-order valence-corrected chi connectivity index (χ0v) is 19.6. The fourth-order valence-corrected chi connectivity index (χ4v) is 5.54. The van der Waals surface area contributed by atoms with Crippen molar-refractivity contribution in [1.82, 2.24) is 30.4 Å². The quantitative estimate of drug-likeness (QED) is 0.679. The van der Waals surface area contributed by atoms with Gasteiger partial charge in [-0.25, -0.2) is 9.97 Å². The van der Waals surface area contributed by atoms with Crippen LogP contribution in [0.1, 0.15) is 67.5 Å². The predicted octanol–water partition coefficient (Wildman–Crippen LogP) is 3.80. The number of halogens is 3. The average Bonchev–Trinajstić information content (AvgIpc) is 3.39. The van der Waals surface area contributed by atoms with Crippen molar-refractivity contribution in [3.63, 3.8) is 0 Å². The zero-order valence-electron chi connectivity index (χ0n) is 19.6. The van der Waals surface area contributed by atoms with E-state index in [9.17, 15) is 22.8 Å². The van der Waals surface area contributed by atoms with Gasteiger partial charge in [-0.15, -0.1) is 0 Å². The molecule has 0 aromatic carbocycles. The summed E-state index contributed by atoms with van der Waals surface area (Å²) in [4.78, 5) is 36.4. The molecule has 2 N–H and O–H groups in total. The number of aryl methyl sites for hydroxylation is 1. The molecule has 5 rings (SSSR count). The first-order valence-corrected chi connectivity index (χ1v) is 12.2. The van der Waals surface area contributed by atoms with Crippen molar-refractivity contribution in [2.45, 2.75) is 76.0 Å². The van der Waals surface area contributed by atoms with E-state index in [1.165, 1.54) is 6.33 Å². The highest BCUT2D eigenvalue weighted by Crippen LogP contribution is 2.50. The molecule has 11 heteroatoms. The Bertz CT molecular complexity index is 1100. The third-order valence-corrected chi connectivity index (χ3v) is 7.76. The molecule has 0 bridgehead atoms. The molecule has 2 saturated carbocycles. The normalized spacial score (nSPS) is 25.9. The molecule has 2 aromatic heterocycles. The second-order valence-electron chi connectivity index (χ2n) is 10.2. The molecule has 3 aliphatic rings. The number of carbonyl (C=O) groups is 2. The first-order chi connectivity index (χ1) is 16.6. The molecule has 3 fully saturated rings. The summed E-state index contributed by atoms with van der Waals surface area (Å²) < 4.78 is 38.7. The second kappa shape index (κ2) is 8.91. The van der Waals surface area contributed by atoms with Gasteiger partial charge in [0, 0.05) is 29.7 Å². The van der Waals surface area contributed by atoms with Crippen LogP contribution in [0.5, 0.6) is 0 Å². The molecule has 0 unspecified atom stereocenters. The Labute approximate surface area is 201 Å². The Morgan fingerprint density at radius 2 is 1.86 bits per heavy atom. The van der Waals surface area contributed by atoms with Gasteiger partial charge >= 0.3 is 6.18 Å². The molecule has 1 atom stereocenters. The van der Waals surface area contributed by atoms with E-state index < -0.39 is 12.1 Å². The van der Waals surface area contributed by atoms with Crippen molar-refractivity contribution < 1.29 is 22.8 Å². The van der Waals surface area contributed by atoms with Crippen LogP contribution in [0.4, 0.5) is 13.2 Å². The van der Waals surface area contributed by atoms with E-state index in [1.54, 1.807) is 6.07 Å². The molecule has 188 valence electrons. The van der Waals surface area contributed by atoms with Gasteiger partial charge in [-0.3, -0.25) is 14.7 Å². The van der Waals surface area contributed by atoms with Crippen LogP contribution in [-0.4, -0.2) is 61.2 Å². The van der Waals surface area contributed by atoms with E-state index in [0.717, 1.165) is 18.5 Å². The Hall–Kier alpha value is -2.98. The summed E-state index contributed by atoms with van der Waals surface area (Å²) in [7, 11) is 0. The standard InChI is InChI=1S/C24H29F3N6O2/c1-14-10-18(29-13-28-14)19-11-20(32-31-19)22(35)33-9-6-15(12-23(33)7-8-23)21(34)30-17-4-2-16(3-5-17)24(25,26)27/h10-11,13,15-17H,2-9,12H2,1H3,(H,30,34)(H,31,32)/t15-,16-,17-/m0/s1. The van der Waals surface area contributed by atoms with E-state index in [4.69, 9.17) is 0 Å². The molecular formula is C24H29F3N6O2. The number of alkyl halides is 3. The molecule has 1 aliphatic heterocycles. The molecule has 1 saturated heterocycles. The zero-order chi connectivity index (χ0) is 24.8. The SMILES string of the molecule is Cc1cc(-c2cc(C(=O)N3CC[C@H](C(=O)N[C@H]4CC[C@H](C(F)(F)F)CC4)CC34CC4)n[nH]2)ncn1. The number of aromatic amines is 1. The first kappa shape index (κ1) is 23.7. The molecular weight excluding hydrogens is 461 g/mol. The highest BCUT2D eigenvalue weighted by Gasteiger charge is 2.55. The smallest absolute Gasteiger partial charge is 0.353 e. The fourth-order valence-electron chi connectivity index (χ4n) is 5.54. The van der Waals surface area contributed by atoms with Gasteiger partial charge in [0.15, 0.2) is 5.69 Å². The lowest BCUT2D eigenvalue weighted by Crippen LogP contribution is -2.52. The van der Waals surface area contributed by atoms with Crippen LogP contribution < -0.4 is 5.32 Å². The average molecular weight is 491 g/mol. The maximum absolute atomic E-state index is 13.3. The summed E-state index contributed by atoms with van der Waals surface area (Å²) in [6.07, 6.45) is 0.905. The number of piperidine rings is 1. The Morgan fingerprint density at radius 3 is 2.51 bits per heavy atom. The van der Waals surface area contributed by atoms with Crippen LogP contribution in [0.25, 0.3) is 11.4 Å². The lowest BCUT2D eigenvalue weighted by atomic mass is 9.84. The summed E-state index contributed by atoms with van der Waals surface area (Å²) in [5.74, 6) is -1.76. The maximum Gasteiger partial charge on any atom is 0.391 e. The Morgan fingerprint density at radius 1 is 1.11 bits per heavy atom. The van der Waals surface area contributed by atoms with Crippen LogP contribution >= 0.6 is 0 Å². The largest absolute Gasteiger partial charge is 0.391 e. The number of amides is 2. The van der Waals surface area contributed by atoms with Gasteiger partial charge < -0.3 is 10.2 Å². The molecule has 3 heterocycles. The first-order valence-electron chi connectivity index (χ1n) is 12.2. The molecule has 2 amide bonds. The highest BCUT2D eigenvalue weighted by atomic mass is 19.4. The minimum atomic E-state index is -4.16. The van der Waals surface area contributed by atoms with Gasteiger partial charge in [-0.2, -0.15) is 18.3 Å². The van der Waals surface area contributed by atoms with E-state index >= 15 is 0 Å². The maximum atomic E-state index is 13.3. The molecule has 0 radical (unpaired) electrons. The summed E-state index contributed by atoms with van der Waals surface area (Å²) in [5, 5.41) is 10.1. The number of aromatic nitrogens is 4. The fraction of sp³-hybridized carbons (Fsp3) is 0.625. The lowest BCUT2D eigenvalue weighted by molar-refractivity contribution is -0.182. The number of H-pyrrole nitrogens is 1. The summed E-state index contributed by atoms with van der Waals surface area (Å²) in [5.41, 5.74) is 2.08.